The van der Waals surface area contributed by atoms with Crippen molar-refractivity contribution < 1.29 is 23.5 Å². The second-order valence-electron chi connectivity index (χ2n) is 12.4. The Morgan fingerprint density at radius 3 is 2.40 bits per heavy atom. The summed E-state index contributed by atoms with van der Waals surface area (Å²) in [5, 5.41) is 4.08. The van der Waals surface area contributed by atoms with E-state index in [4.69, 9.17) is 25.5 Å². The summed E-state index contributed by atoms with van der Waals surface area (Å²) >= 11 is 5.61. The molecule has 250 valence electrons. The van der Waals surface area contributed by atoms with E-state index < -0.39 is 5.91 Å². The van der Waals surface area contributed by atoms with Crippen LogP contribution in [-0.4, -0.2) is 49.2 Å². The number of carbonyl (C=O) groups is 2. The molecule has 3 aliphatic heterocycles. The highest BCUT2D eigenvalue weighted by Crippen LogP contribution is 2.35. The molecule has 4 aromatic rings. The Labute approximate surface area is 285 Å². The van der Waals surface area contributed by atoms with Crippen LogP contribution in [0.2, 0.25) is 5.02 Å². The van der Waals surface area contributed by atoms with Gasteiger partial charge >= 0.3 is 0 Å². The lowest BCUT2D eigenvalue weighted by Gasteiger charge is -2.34. The number of nitrogens with one attached hydrogen (secondary N) is 1. The second-order valence-corrected chi connectivity index (χ2v) is 12.9. The zero-order valence-electron chi connectivity index (χ0n) is 27.3. The monoisotopic (exact) mass is 669 g/mol. The molecule has 0 bridgehead atoms. The summed E-state index contributed by atoms with van der Waals surface area (Å²) in [6, 6.07) is 20.3. The number of hydrogen-bond donors (Lipinski definition) is 1. The van der Waals surface area contributed by atoms with Crippen LogP contribution in [0.4, 0.5) is 5.69 Å². The van der Waals surface area contributed by atoms with Crippen LogP contribution in [0.25, 0.3) is 11.0 Å². The first-order valence-corrected chi connectivity index (χ1v) is 16.8. The van der Waals surface area contributed by atoms with E-state index in [0.717, 1.165) is 50.3 Å². The topological polar surface area (TPSA) is 101 Å². The fourth-order valence-corrected chi connectivity index (χ4v) is 6.38. The Morgan fingerprint density at radius 2 is 1.67 bits per heavy atom. The summed E-state index contributed by atoms with van der Waals surface area (Å²) in [5.74, 6) is 0.736. The summed E-state index contributed by atoms with van der Waals surface area (Å²) in [4.78, 5) is 42.3. The lowest BCUT2D eigenvalue weighted by molar-refractivity contribution is -0.133. The number of halogens is 1. The second kappa shape index (κ2) is 15.0. The van der Waals surface area contributed by atoms with Gasteiger partial charge in [-0.1, -0.05) is 59.1 Å². The van der Waals surface area contributed by atoms with Gasteiger partial charge in [-0.05, 0) is 69.4 Å². The molecule has 9 nitrogen and oxygen atoms in total. The molecule has 1 N–H and O–H groups in total. The van der Waals surface area contributed by atoms with E-state index >= 15 is 0 Å². The fourth-order valence-electron chi connectivity index (χ4n) is 6.25. The maximum absolute atomic E-state index is 12.9. The first kappa shape index (κ1) is 33.2. The number of fused-ring (bicyclic) bond motifs is 2. The number of benzene rings is 3. The van der Waals surface area contributed by atoms with Gasteiger partial charge in [0.2, 0.25) is 12.7 Å². The number of carbonyl (C=O) groups excluding carboxylic acids is 2. The molecule has 2 amide bonds. The normalized spacial score (nSPS) is 16.3. The largest absolute Gasteiger partial charge is 0.454 e. The lowest BCUT2D eigenvalue weighted by atomic mass is 9.99. The van der Waals surface area contributed by atoms with Gasteiger partial charge in [0, 0.05) is 61.5 Å². The SMILES string of the molecule is CC(C=C1CCN(c2ccccc2CN2CCCCC2=O)CC1)NC(=O)c1cc(=O)c2cc3c(cc2o1)OCO3.Cc1ccc(Cl)cc1. The van der Waals surface area contributed by atoms with E-state index in [1.54, 1.807) is 12.1 Å². The molecule has 0 saturated carbocycles. The van der Waals surface area contributed by atoms with Crippen molar-refractivity contribution in [2.75, 3.05) is 31.3 Å². The number of amides is 2. The number of anilines is 1. The summed E-state index contributed by atoms with van der Waals surface area (Å²) in [5.41, 5.74) is 4.87. The number of hydrogen-bond acceptors (Lipinski definition) is 7. The van der Waals surface area contributed by atoms with Crippen LogP contribution >= 0.6 is 11.6 Å². The van der Waals surface area contributed by atoms with Crippen molar-refractivity contribution in [3.63, 3.8) is 0 Å². The molecule has 10 heteroatoms. The molecule has 2 fully saturated rings. The number of piperidine rings is 2. The first-order valence-electron chi connectivity index (χ1n) is 16.4. The van der Waals surface area contributed by atoms with Crippen molar-refractivity contribution in [1.29, 1.82) is 0 Å². The summed E-state index contributed by atoms with van der Waals surface area (Å²) in [7, 11) is 0. The van der Waals surface area contributed by atoms with Gasteiger partial charge in [-0.15, -0.1) is 0 Å². The van der Waals surface area contributed by atoms with Crippen LogP contribution in [0.1, 0.15) is 60.7 Å². The highest BCUT2D eigenvalue weighted by atomic mass is 35.5. The molecule has 4 heterocycles. The van der Waals surface area contributed by atoms with Crippen LogP contribution < -0.4 is 25.1 Å². The average Bonchev–Trinajstić information content (AvgIpc) is 3.55. The number of para-hydroxylation sites is 1. The number of nitrogens with zero attached hydrogens (tertiary/aromatic N) is 2. The molecule has 1 aromatic heterocycles. The number of likely N-dealkylation sites (tertiary alicyclic amines) is 1. The molecular weight excluding hydrogens is 630 g/mol. The van der Waals surface area contributed by atoms with Gasteiger partial charge in [0.25, 0.3) is 5.91 Å². The van der Waals surface area contributed by atoms with Gasteiger partial charge in [-0.2, -0.15) is 0 Å². The summed E-state index contributed by atoms with van der Waals surface area (Å²) < 4.78 is 16.5. The molecule has 0 radical (unpaired) electrons. The van der Waals surface area contributed by atoms with Gasteiger partial charge in [0.05, 0.1) is 5.39 Å². The molecule has 2 saturated heterocycles. The fraction of sp³-hybridized carbons (Fsp3) is 0.342. The molecule has 3 aromatic carbocycles. The van der Waals surface area contributed by atoms with E-state index in [-0.39, 0.29) is 35.5 Å². The molecule has 7 rings (SSSR count). The van der Waals surface area contributed by atoms with E-state index in [1.165, 1.54) is 28.5 Å². The van der Waals surface area contributed by atoms with E-state index in [1.807, 2.05) is 49.1 Å². The molecule has 3 aliphatic rings. The van der Waals surface area contributed by atoms with Gasteiger partial charge in [-0.3, -0.25) is 14.4 Å². The predicted molar refractivity (Wildman–Crippen MR) is 187 cm³/mol. The van der Waals surface area contributed by atoms with E-state index in [9.17, 15) is 14.4 Å². The van der Waals surface area contributed by atoms with Crippen LogP contribution in [0.15, 0.2) is 87.6 Å². The van der Waals surface area contributed by atoms with Crippen LogP contribution in [0.5, 0.6) is 11.5 Å². The maximum atomic E-state index is 12.9. The third-order valence-corrected chi connectivity index (χ3v) is 9.07. The third-order valence-electron chi connectivity index (χ3n) is 8.82. The van der Waals surface area contributed by atoms with Gasteiger partial charge in [0.15, 0.2) is 22.7 Å². The molecule has 0 spiro atoms. The number of ether oxygens (including phenoxy) is 2. The minimum atomic E-state index is -0.445. The van der Waals surface area contributed by atoms with Crippen molar-refractivity contribution >= 4 is 40.1 Å². The number of aryl methyl sites for hydroxylation is 1. The molecular formula is C38H40ClN3O6. The Morgan fingerprint density at radius 1 is 0.938 bits per heavy atom. The standard InChI is InChI=1S/C31H33N3O6.C7H7Cl/c1-20(32-31(37)29-16-25(35)23-15-27-28(39-19-38-27)17-26(23)40-29)14-21-9-12-33(13-10-21)24-7-3-2-6-22(24)18-34-11-5-4-8-30(34)36;1-6-2-4-7(8)5-3-6/h2-3,6-7,14-17,20H,4-5,8-13,18-19H2,1H3,(H,32,37);2-5H,1H3. The minimum Gasteiger partial charge on any atom is -0.454 e. The maximum Gasteiger partial charge on any atom is 0.287 e. The quantitative estimate of drug-likeness (QED) is 0.220. The molecule has 48 heavy (non-hydrogen) atoms. The first-order chi connectivity index (χ1) is 23.2. The zero-order chi connectivity index (χ0) is 33.6. The van der Waals surface area contributed by atoms with Crippen LogP contribution in [0.3, 0.4) is 0 Å². The Hall–Kier alpha value is -4.76. The van der Waals surface area contributed by atoms with Crippen molar-refractivity contribution in [3.8, 4) is 11.5 Å². The Balaban J connectivity index is 0.000000441. The van der Waals surface area contributed by atoms with Crippen molar-refractivity contribution in [2.45, 2.75) is 58.5 Å². The van der Waals surface area contributed by atoms with Crippen LogP contribution in [0, 0.1) is 6.92 Å². The highest BCUT2D eigenvalue weighted by Gasteiger charge is 2.23. The van der Waals surface area contributed by atoms with Crippen LogP contribution in [-0.2, 0) is 11.3 Å². The van der Waals surface area contributed by atoms with Gasteiger partial charge in [0.1, 0.15) is 5.58 Å². The molecule has 0 aliphatic carbocycles. The van der Waals surface area contributed by atoms with Crippen molar-refractivity contribution in [1.82, 2.24) is 10.2 Å². The van der Waals surface area contributed by atoms with E-state index in [0.29, 0.717) is 29.9 Å². The van der Waals surface area contributed by atoms with E-state index in [2.05, 4.69) is 34.5 Å². The summed E-state index contributed by atoms with van der Waals surface area (Å²) in [6.07, 6.45) is 6.56. The Kier molecular flexibility index (Phi) is 10.3. The smallest absolute Gasteiger partial charge is 0.287 e. The lowest BCUT2D eigenvalue weighted by Crippen LogP contribution is -2.36. The van der Waals surface area contributed by atoms with Crippen molar-refractivity contribution in [2.24, 2.45) is 0 Å². The van der Waals surface area contributed by atoms with Gasteiger partial charge < -0.3 is 29.0 Å². The Bertz CT molecular complexity index is 1860. The average molecular weight is 670 g/mol. The highest BCUT2D eigenvalue weighted by molar-refractivity contribution is 6.30. The minimum absolute atomic E-state index is 0.0415. The molecule has 1 unspecified atom stereocenters. The predicted octanol–water partition coefficient (Wildman–Crippen LogP) is 7.03. The molecule has 1 atom stereocenters. The van der Waals surface area contributed by atoms with Crippen molar-refractivity contribution in [3.05, 3.63) is 111 Å². The number of rotatable bonds is 6. The van der Waals surface area contributed by atoms with Gasteiger partial charge in [-0.25, -0.2) is 0 Å². The summed E-state index contributed by atoms with van der Waals surface area (Å²) in [6.45, 7) is 7.27. The zero-order valence-corrected chi connectivity index (χ0v) is 28.1. The third kappa shape index (κ3) is 8.02.